The molecule has 1 aromatic rings. The number of aryl methyl sites for hydroxylation is 1. The third kappa shape index (κ3) is 3.07. The zero-order chi connectivity index (χ0) is 13.8. The molecule has 2 aliphatic rings. The molecule has 1 fully saturated rings. The molecule has 0 bridgehead atoms. The summed E-state index contributed by atoms with van der Waals surface area (Å²) in [5, 5.41) is 3.63. The number of hydrogen-bond acceptors (Lipinski definition) is 2. The van der Waals surface area contributed by atoms with Crippen LogP contribution in [0.1, 0.15) is 56.2 Å². The monoisotopic (exact) mass is 273 g/mol. The zero-order valence-corrected chi connectivity index (χ0v) is 12.6. The molecule has 2 unspecified atom stereocenters. The van der Waals surface area contributed by atoms with Crippen molar-refractivity contribution in [2.24, 2.45) is 5.92 Å². The maximum Gasteiger partial charge on any atom is 0.0773 e. The van der Waals surface area contributed by atoms with Gasteiger partial charge in [-0.05, 0) is 42.9 Å². The van der Waals surface area contributed by atoms with E-state index in [0.29, 0.717) is 12.1 Å². The third-order valence-electron chi connectivity index (χ3n) is 4.97. The highest BCUT2D eigenvalue weighted by atomic mass is 16.5. The Morgan fingerprint density at radius 1 is 1.20 bits per heavy atom. The smallest absolute Gasteiger partial charge is 0.0773 e. The Morgan fingerprint density at radius 2 is 2.05 bits per heavy atom. The summed E-state index contributed by atoms with van der Waals surface area (Å²) in [5.74, 6) is 0.948. The van der Waals surface area contributed by atoms with Crippen molar-refractivity contribution in [3.8, 4) is 0 Å². The number of rotatable bonds is 6. The van der Waals surface area contributed by atoms with Gasteiger partial charge in [-0.1, -0.05) is 50.5 Å². The van der Waals surface area contributed by atoms with Crippen LogP contribution in [0.25, 0.3) is 0 Å². The molecule has 1 saturated carbocycles. The first kappa shape index (κ1) is 14.1. The van der Waals surface area contributed by atoms with Crippen molar-refractivity contribution in [1.29, 1.82) is 0 Å². The van der Waals surface area contributed by atoms with Crippen LogP contribution in [0, 0.1) is 5.92 Å². The average molecular weight is 273 g/mol. The Hall–Kier alpha value is -0.860. The predicted molar refractivity (Wildman–Crippen MR) is 82.9 cm³/mol. The van der Waals surface area contributed by atoms with Crippen molar-refractivity contribution in [2.75, 3.05) is 13.2 Å². The highest BCUT2D eigenvalue weighted by molar-refractivity contribution is 5.33. The van der Waals surface area contributed by atoms with Crippen LogP contribution in [0.3, 0.4) is 0 Å². The molecule has 0 heterocycles. The predicted octanol–water partition coefficient (Wildman–Crippen LogP) is 3.86. The van der Waals surface area contributed by atoms with Crippen LogP contribution in [0.2, 0.25) is 0 Å². The lowest BCUT2D eigenvalue weighted by atomic mass is 9.83. The Bertz CT molecular complexity index is 427. The van der Waals surface area contributed by atoms with E-state index in [0.717, 1.165) is 31.9 Å². The minimum absolute atomic E-state index is 0.352. The summed E-state index contributed by atoms with van der Waals surface area (Å²) in [6.07, 6.45) is 8.20. The third-order valence-corrected chi connectivity index (χ3v) is 4.97. The molecule has 2 heteroatoms. The van der Waals surface area contributed by atoms with Crippen LogP contribution in [0.4, 0.5) is 0 Å². The van der Waals surface area contributed by atoms with E-state index in [-0.39, 0.29) is 0 Å². The topological polar surface area (TPSA) is 21.3 Å². The van der Waals surface area contributed by atoms with Crippen molar-refractivity contribution in [1.82, 2.24) is 5.32 Å². The summed E-state index contributed by atoms with van der Waals surface area (Å²) in [5.41, 5.74) is 2.95. The maximum atomic E-state index is 6.25. The van der Waals surface area contributed by atoms with Gasteiger partial charge in [-0.2, -0.15) is 0 Å². The van der Waals surface area contributed by atoms with E-state index in [4.69, 9.17) is 4.74 Å². The van der Waals surface area contributed by atoms with E-state index in [9.17, 15) is 0 Å². The Kier molecular flexibility index (Phi) is 4.74. The zero-order valence-electron chi connectivity index (χ0n) is 12.6. The van der Waals surface area contributed by atoms with Crippen molar-refractivity contribution in [2.45, 2.75) is 57.6 Å². The van der Waals surface area contributed by atoms with Gasteiger partial charge in [-0.25, -0.2) is 0 Å². The van der Waals surface area contributed by atoms with Crippen LogP contribution in [0.5, 0.6) is 0 Å². The van der Waals surface area contributed by atoms with Gasteiger partial charge in [0.15, 0.2) is 0 Å². The van der Waals surface area contributed by atoms with Gasteiger partial charge in [-0.15, -0.1) is 0 Å². The van der Waals surface area contributed by atoms with Gasteiger partial charge in [0.25, 0.3) is 0 Å². The highest BCUT2D eigenvalue weighted by Gasteiger charge is 2.29. The van der Waals surface area contributed by atoms with Gasteiger partial charge in [0.1, 0.15) is 0 Å². The Morgan fingerprint density at radius 3 is 2.80 bits per heavy atom. The molecule has 2 nitrogen and oxygen atoms in total. The van der Waals surface area contributed by atoms with E-state index in [1.807, 2.05) is 0 Å². The number of hydrogen-bond donors (Lipinski definition) is 1. The summed E-state index contributed by atoms with van der Waals surface area (Å²) in [4.78, 5) is 0. The minimum Gasteiger partial charge on any atom is -0.376 e. The van der Waals surface area contributed by atoms with Crippen LogP contribution >= 0.6 is 0 Å². The van der Waals surface area contributed by atoms with E-state index < -0.39 is 0 Å². The summed E-state index contributed by atoms with van der Waals surface area (Å²) in [7, 11) is 0. The molecule has 3 rings (SSSR count). The fourth-order valence-electron chi connectivity index (χ4n) is 3.54. The van der Waals surface area contributed by atoms with Crippen molar-refractivity contribution in [3.05, 3.63) is 35.4 Å². The van der Waals surface area contributed by atoms with Gasteiger partial charge in [0.05, 0.1) is 12.1 Å². The highest BCUT2D eigenvalue weighted by Crippen LogP contribution is 2.33. The van der Waals surface area contributed by atoms with Crippen molar-refractivity contribution >= 4 is 0 Å². The molecule has 0 spiro atoms. The number of benzene rings is 1. The molecule has 110 valence electrons. The molecule has 20 heavy (non-hydrogen) atoms. The molecule has 0 aliphatic heterocycles. The van der Waals surface area contributed by atoms with Crippen molar-refractivity contribution < 1.29 is 4.74 Å². The fraction of sp³-hybridized carbons (Fsp3) is 0.667. The lowest BCUT2D eigenvalue weighted by Gasteiger charge is -2.35. The van der Waals surface area contributed by atoms with Gasteiger partial charge >= 0.3 is 0 Å². The van der Waals surface area contributed by atoms with Crippen LogP contribution in [-0.2, 0) is 11.2 Å². The molecule has 1 N–H and O–H groups in total. The first-order chi connectivity index (χ1) is 9.88. The van der Waals surface area contributed by atoms with Gasteiger partial charge in [0.2, 0.25) is 0 Å². The minimum atomic E-state index is 0.352. The number of ether oxygens (including phenoxy) is 1. The number of nitrogens with one attached hydrogen (secondary N) is 1. The maximum absolute atomic E-state index is 6.25. The summed E-state index contributed by atoms with van der Waals surface area (Å²) < 4.78 is 6.25. The fourth-order valence-corrected chi connectivity index (χ4v) is 3.54. The van der Waals surface area contributed by atoms with E-state index in [1.165, 1.54) is 36.8 Å². The van der Waals surface area contributed by atoms with Gasteiger partial charge < -0.3 is 10.1 Å². The second-order valence-electron chi connectivity index (χ2n) is 6.27. The molecule has 0 aromatic heterocycles. The molecule has 2 aliphatic carbocycles. The molecule has 0 radical (unpaired) electrons. The summed E-state index contributed by atoms with van der Waals surface area (Å²) >= 11 is 0. The normalized spacial score (nSPS) is 26.1. The quantitative estimate of drug-likeness (QED) is 0.850. The first-order valence-electron chi connectivity index (χ1n) is 8.31. The molecule has 2 atom stereocenters. The molecule has 0 saturated heterocycles. The number of likely N-dealkylation sites (N-methyl/N-ethyl adjacent to an activating group) is 1. The summed E-state index contributed by atoms with van der Waals surface area (Å²) in [6, 6.07) is 9.22. The van der Waals surface area contributed by atoms with Gasteiger partial charge in [-0.3, -0.25) is 0 Å². The molecule has 1 aromatic carbocycles. The Labute approximate surface area is 122 Å². The van der Waals surface area contributed by atoms with E-state index in [1.54, 1.807) is 0 Å². The van der Waals surface area contributed by atoms with Crippen LogP contribution in [-0.4, -0.2) is 19.3 Å². The average Bonchev–Trinajstić information content (AvgIpc) is 2.43. The molecular formula is C18H27NO. The SMILES string of the molecule is CCNC1c2ccccc2CCC1OCCC1CCC1. The summed E-state index contributed by atoms with van der Waals surface area (Å²) in [6.45, 7) is 4.13. The van der Waals surface area contributed by atoms with Crippen LogP contribution < -0.4 is 5.32 Å². The van der Waals surface area contributed by atoms with Gasteiger partial charge in [0, 0.05) is 6.61 Å². The first-order valence-corrected chi connectivity index (χ1v) is 8.31. The number of fused-ring (bicyclic) bond motifs is 1. The molecule has 0 amide bonds. The van der Waals surface area contributed by atoms with E-state index >= 15 is 0 Å². The second-order valence-corrected chi connectivity index (χ2v) is 6.27. The Balaban J connectivity index is 1.61. The molecular weight excluding hydrogens is 246 g/mol. The lowest BCUT2D eigenvalue weighted by molar-refractivity contribution is 0.00497. The van der Waals surface area contributed by atoms with Crippen molar-refractivity contribution in [3.63, 3.8) is 0 Å². The largest absolute Gasteiger partial charge is 0.376 e. The van der Waals surface area contributed by atoms with E-state index in [2.05, 4.69) is 36.5 Å². The lowest BCUT2D eigenvalue weighted by Crippen LogP contribution is -2.38. The van der Waals surface area contributed by atoms with Crippen LogP contribution in [0.15, 0.2) is 24.3 Å². The second kappa shape index (κ2) is 6.73. The standard InChI is InChI=1S/C18H27NO/c1-2-19-18-16-9-4-3-8-15(16)10-11-17(18)20-13-12-14-6-5-7-14/h3-4,8-9,14,17-19H,2,5-7,10-13H2,1H3.